The second kappa shape index (κ2) is 7.18. The fraction of sp³-hybridized carbons (Fsp3) is 0.429. The zero-order valence-corrected chi connectivity index (χ0v) is 16.2. The van der Waals surface area contributed by atoms with Crippen molar-refractivity contribution in [3.63, 3.8) is 0 Å². The van der Waals surface area contributed by atoms with E-state index < -0.39 is 0 Å². The summed E-state index contributed by atoms with van der Waals surface area (Å²) in [6.07, 6.45) is 0. The van der Waals surface area contributed by atoms with Crippen LogP contribution in [-0.2, 0) is 0 Å². The van der Waals surface area contributed by atoms with Crippen molar-refractivity contribution in [3.8, 4) is 6.07 Å². The first-order valence-electron chi connectivity index (χ1n) is 9.55. The van der Waals surface area contributed by atoms with Crippen LogP contribution in [0.1, 0.15) is 18.1 Å². The number of aryl methyl sites for hydroxylation is 1. The summed E-state index contributed by atoms with van der Waals surface area (Å²) in [5.74, 6) is 0.997. The monoisotopic (exact) mass is 362 g/mol. The van der Waals surface area contributed by atoms with E-state index in [-0.39, 0.29) is 0 Å². The average Bonchev–Trinajstić information content (AvgIpc) is 3.03. The Labute approximate surface area is 160 Å². The molecule has 1 saturated heterocycles. The number of benzene rings is 1. The van der Waals surface area contributed by atoms with Gasteiger partial charge in [-0.05, 0) is 44.7 Å². The van der Waals surface area contributed by atoms with E-state index in [9.17, 15) is 5.26 Å². The van der Waals surface area contributed by atoms with Gasteiger partial charge in [-0.2, -0.15) is 5.26 Å². The lowest BCUT2D eigenvalue weighted by Crippen LogP contribution is -2.47. The number of imidazole rings is 1. The van der Waals surface area contributed by atoms with Crippen LogP contribution >= 0.6 is 0 Å². The van der Waals surface area contributed by atoms with Crippen LogP contribution < -0.4 is 5.32 Å². The molecule has 0 radical (unpaired) electrons. The number of para-hydroxylation sites is 2. The summed E-state index contributed by atoms with van der Waals surface area (Å²) in [7, 11) is 2.18. The van der Waals surface area contributed by atoms with E-state index in [1.807, 2.05) is 25.1 Å². The molecule has 1 aliphatic heterocycles. The van der Waals surface area contributed by atoms with Crippen LogP contribution in [0.15, 0.2) is 30.3 Å². The van der Waals surface area contributed by atoms with Crippen molar-refractivity contribution in [3.05, 3.63) is 41.5 Å². The van der Waals surface area contributed by atoms with Crippen molar-refractivity contribution in [2.45, 2.75) is 19.9 Å². The van der Waals surface area contributed by atoms with Gasteiger partial charge in [0.05, 0.1) is 16.6 Å². The fourth-order valence-corrected chi connectivity index (χ4v) is 3.92. The molecular formula is C21H26N6. The first kappa shape index (κ1) is 17.8. The number of hydrogen-bond acceptors (Lipinski definition) is 5. The predicted molar refractivity (Wildman–Crippen MR) is 109 cm³/mol. The van der Waals surface area contributed by atoms with Gasteiger partial charge >= 0.3 is 0 Å². The third kappa shape index (κ3) is 3.36. The summed E-state index contributed by atoms with van der Waals surface area (Å²) >= 11 is 0. The zero-order valence-electron chi connectivity index (χ0n) is 16.2. The van der Waals surface area contributed by atoms with Crippen molar-refractivity contribution in [2.75, 3.05) is 45.1 Å². The Bertz CT molecular complexity index is 1010. The summed E-state index contributed by atoms with van der Waals surface area (Å²) in [5, 5.41) is 13.3. The number of nitrogens with zero attached hydrogens (tertiary/aromatic N) is 5. The number of fused-ring (bicyclic) bond motifs is 3. The molecule has 1 atom stereocenters. The molecule has 6 nitrogen and oxygen atoms in total. The molecule has 140 valence electrons. The Morgan fingerprint density at radius 3 is 2.70 bits per heavy atom. The standard InChI is InChI=1S/C21H26N6/c1-15-12-20(23-16(2)14-26-10-8-25(3)9-11-26)27-19-7-5-4-6-18(19)24-21(27)17(15)13-22/h4-7,12,16,23H,8-11,14H2,1-3H3. The van der Waals surface area contributed by atoms with E-state index in [2.05, 4.69) is 51.7 Å². The van der Waals surface area contributed by atoms with Gasteiger partial charge in [-0.25, -0.2) is 4.98 Å². The van der Waals surface area contributed by atoms with Gasteiger partial charge in [0.1, 0.15) is 11.9 Å². The summed E-state index contributed by atoms with van der Waals surface area (Å²) in [5.41, 5.74) is 4.26. The topological polar surface area (TPSA) is 59.6 Å². The lowest BCUT2D eigenvalue weighted by Gasteiger charge is -2.34. The third-order valence-electron chi connectivity index (χ3n) is 5.41. The van der Waals surface area contributed by atoms with Crippen LogP contribution in [0.25, 0.3) is 16.7 Å². The molecule has 1 aliphatic rings. The highest BCUT2D eigenvalue weighted by Crippen LogP contribution is 2.27. The second-order valence-electron chi connectivity index (χ2n) is 7.61. The fourth-order valence-electron chi connectivity index (χ4n) is 3.92. The maximum atomic E-state index is 9.62. The van der Waals surface area contributed by atoms with Crippen molar-refractivity contribution in [1.29, 1.82) is 5.26 Å². The summed E-state index contributed by atoms with van der Waals surface area (Å²) in [4.78, 5) is 9.61. The first-order valence-corrected chi connectivity index (χ1v) is 9.55. The molecule has 2 aromatic heterocycles. The van der Waals surface area contributed by atoms with E-state index in [4.69, 9.17) is 4.98 Å². The lowest BCUT2D eigenvalue weighted by atomic mass is 10.1. The highest BCUT2D eigenvalue weighted by Gasteiger charge is 2.19. The van der Waals surface area contributed by atoms with Crippen LogP contribution in [0.2, 0.25) is 0 Å². The molecule has 0 amide bonds. The molecule has 0 aliphatic carbocycles. The van der Waals surface area contributed by atoms with Gasteiger partial charge in [0, 0.05) is 38.8 Å². The number of aromatic nitrogens is 2. The molecule has 1 N–H and O–H groups in total. The van der Waals surface area contributed by atoms with Crippen molar-refractivity contribution >= 4 is 22.5 Å². The van der Waals surface area contributed by atoms with Crippen LogP contribution in [-0.4, -0.2) is 65.0 Å². The number of nitriles is 1. The van der Waals surface area contributed by atoms with Crippen LogP contribution in [0.5, 0.6) is 0 Å². The number of pyridine rings is 1. The Balaban J connectivity index is 1.68. The average molecular weight is 362 g/mol. The molecule has 6 heteroatoms. The minimum atomic E-state index is 0.296. The number of nitrogens with one attached hydrogen (secondary N) is 1. The largest absolute Gasteiger partial charge is 0.367 e. The molecule has 1 unspecified atom stereocenters. The van der Waals surface area contributed by atoms with E-state index in [0.29, 0.717) is 11.6 Å². The van der Waals surface area contributed by atoms with Gasteiger partial charge < -0.3 is 10.2 Å². The van der Waals surface area contributed by atoms with E-state index in [1.54, 1.807) is 0 Å². The second-order valence-corrected chi connectivity index (χ2v) is 7.61. The molecule has 3 heterocycles. The zero-order chi connectivity index (χ0) is 19.0. The summed E-state index contributed by atoms with van der Waals surface area (Å²) in [6.45, 7) is 9.67. The Kier molecular flexibility index (Phi) is 4.73. The van der Waals surface area contributed by atoms with Crippen LogP contribution in [0.3, 0.4) is 0 Å². The highest BCUT2D eigenvalue weighted by molar-refractivity contribution is 5.85. The van der Waals surface area contributed by atoms with Crippen molar-refractivity contribution in [2.24, 2.45) is 0 Å². The Hall–Kier alpha value is -2.62. The maximum absolute atomic E-state index is 9.62. The van der Waals surface area contributed by atoms with Gasteiger partial charge in [0.25, 0.3) is 0 Å². The van der Waals surface area contributed by atoms with Crippen LogP contribution in [0.4, 0.5) is 5.82 Å². The molecule has 4 rings (SSSR count). The molecule has 1 fully saturated rings. The molecule has 0 spiro atoms. The van der Waals surface area contributed by atoms with Gasteiger partial charge in [-0.15, -0.1) is 0 Å². The molecule has 27 heavy (non-hydrogen) atoms. The van der Waals surface area contributed by atoms with Gasteiger partial charge in [0.2, 0.25) is 0 Å². The Morgan fingerprint density at radius 1 is 1.22 bits per heavy atom. The lowest BCUT2D eigenvalue weighted by molar-refractivity contribution is 0.151. The smallest absolute Gasteiger partial charge is 0.157 e. The normalized spacial score (nSPS) is 17.3. The molecular weight excluding hydrogens is 336 g/mol. The number of hydrogen-bond donors (Lipinski definition) is 1. The predicted octanol–water partition coefficient (Wildman–Crippen LogP) is 2.72. The van der Waals surface area contributed by atoms with Gasteiger partial charge in [-0.1, -0.05) is 12.1 Å². The third-order valence-corrected chi connectivity index (χ3v) is 5.41. The number of anilines is 1. The maximum Gasteiger partial charge on any atom is 0.157 e. The Morgan fingerprint density at radius 2 is 1.96 bits per heavy atom. The molecule has 1 aromatic carbocycles. The first-order chi connectivity index (χ1) is 13.1. The van der Waals surface area contributed by atoms with E-state index in [0.717, 1.165) is 60.8 Å². The molecule has 0 bridgehead atoms. The summed E-state index contributed by atoms with van der Waals surface area (Å²) < 4.78 is 2.08. The van der Waals surface area contributed by atoms with Crippen LogP contribution in [0, 0.1) is 18.3 Å². The number of rotatable bonds is 4. The summed E-state index contributed by atoms with van der Waals surface area (Å²) in [6, 6.07) is 12.7. The number of likely N-dealkylation sites (N-methyl/N-ethyl adjacent to an activating group) is 1. The molecule has 3 aromatic rings. The van der Waals surface area contributed by atoms with E-state index in [1.165, 1.54) is 0 Å². The van der Waals surface area contributed by atoms with Crippen molar-refractivity contribution < 1.29 is 0 Å². The minimum Gasteiger partial charge on any atom is -0.367 e. The SMILES string of the molecule is Cc1cc(NC(C)CN2CCN(C)CC2)n2c(nc3ccccc32)c1C#N. The molecule has 0 saturated carbocycles. The highest BCUT2D eigenvalue weighted by atomic mass is 15.3. The minimum absolute atomic E-state index is 0.296. The van der Waals surface area contributed by atoms with Gasteiger partial charge in [-0.3, -0.25) is 9.30 Å². The van der Waals surface area contributed by atoms with E-state index >= 15 is 0 Å². The van der Waals surface area contributed by atoms with Crippen molar-refractivity contribution in [1.82, 2.24) is 19.2 Å². The quantitative estimate of drug-likeness (QED) is 0.773. The number of piperazine rings is 1. The van der Waals surface area contributed by atoms with Gasteiger partial charge in [0.15, 0.2) is 5.65 Å².